The first-order valence-corrected chi connectivity index (χ1v) is 10.1. The molecule has 1 amide bonds. The second-order valence-corrected chi connectivity index (χ2v) is 7.70. The molecule has 1 N–H and O–H groups in total. The molecule has 10 heteroatoms. The Hall–Kier alpha value is -3.07. The number of benzene rings is 1. The van der Waals surface area contributed by atoms with Crippen LogP contribution in [0.1, 0.15) is 18.4 Å². The fourth-order valence-corrected chi connectivity index (χ4v) is 3.88. The van der Waals surface area contributed by atoms with Crippen LogP contribution in [0.2, 0.25) is 5.02 Å². The van der Waals surface area contributed by atoms with E-state index in [0.29, 0.717) is 35.8 Å². The average Bonchev–Trinajstić information content (AvgIpc) is 3.28. The van der Waals surface area contributed by atoms with Crippen molar-refractivity contribution in [2.75, 3.05) is 23.3 Å². The molecule has 0 bridgehead atoms. The molecular weight excluding hydrogens is 431 g/mol. The van der Waals surface area contributed by atoms with Gasteiger partial charge in [0.1, 0.15) is 5.82 Å². The number of piperidine rings is 1. The monoisotopic (exact) mass is 449 g/mol. The van der Waals surface area contributed by atoms with Crippen molar-refractivity contribution in [3.63, 3.8) is 0 Å². The summed E-state index contributed by atoms with van der Waals surface area (Å²) < 4.78 is 41.8. The highest BCUT2D eigenvalue weighted by Crippen LogP contribution is 2.36. The van der Waals surface area contributed by atoms with Crippen LogP contribution in [-0.4, -0.2) is 33.8 Å². The molecule has 1 atom stereocenters. The number of halogens is 4. The molecule has 31 heavy (non-hydrogen) atoms. The maximum atomic E-state index is 13.4. The van der Waals surface area contributed by atoms with Crippen LogP contribution in [0.5, 0.6) is 0 Å². The van der Waals surface area contributed by atoms with Crippen LogP contribution in [-0.2, 0) is 11.0 Å². The van der Waals surface area contributed by atoms with Gasteiger partial charge in [-0.1, -0.05) is 11.6 Å². The van der Waals surface area contributed by atoms with Crippen LogP contribution in [0, 0.1) is 5.92 Å². The van der Waals surface area contributed by atoms with E-state index in [1.54, 1.807) is 41.3 Å². The van der Waals surface area contributed by atoms with E-state index in [0.717, 1.165) is 6.07 Å². The lowest BCUT2D eigenvalue weighted by molar-refractivity contribution is -0.137. The van der Waals surface area contributed by atoms with Crippen LogP contribution in [0.4, 0.5) is 24.7 Å². The van der Waals surface area contributed by atoms with Crippen LogP contribution in [0.25, 0.3) is 5.69 Å². The third kappa shape index (κ3) is 4.66. The molecular formula is C21H19ClF3N5O. The van der Waals surface area contributed by atoms with Gasteiger partial charge in [-0.15, -0.1) is 0 Å². The van der Waals surface area contributed by atoms with Crippen molar-refractivity contribution in [2.24, 2.45) is 5.92 Å². The van der Waals surface area contributed by atoms with Gasteiger partial charge in [0.2, 0.25) is 5.91 Å². The Labute approximate surface area is 181 Å². The van der Waals surface area contributed by atoms with E-state index in [2.05, 4.69) is 15.4 Å². The largest absolute Gasteiger partial charge is 0.419 e. The number of pyridine rings is 1. The minimum absolute atomic E-state index is 0.142. The normalized spacial score (nSPS) is 16.9. The number of amides is 1. The topological polar surface area (TPSA) is 63.1 Å². The molecule has 2 aromatic heterocycles. The fourth-order valence-electron chi connectivity index (χ4n) is 3.71. The van der Waals surface area contributed by atoms with Crippen molar-refractivity contribution in [1.82, 2.24) is 14.8 Å². The van der Waals surface area contributed by atoms with Gasteiger partial charge in [-0.25, -0.2) is 9.67 Å². The second-order valence-electron chi connectivity index (χ2n) is 7.26. The molecule has 162 valence electrons. The van der Waals surface area contributed by atoms with Crippen molar-refractivity contribution < 1.29 is 18.0 Å². The summed E-state index contributed by atoms with van der Waals surface area (Å²) >= 11 is 6.11. The molecule has 0 radical (unpaired) electrons. The van der Waals surface area contributed by atoms with Crippen molar-refractivity contribution in [3.8, 4) is 5.69 Å². The quantitative estimate of drug-likeness (QED) is 0.621. The Balaban J connectivity index is 1.55. The minimum Gasteiger partial charge on any atom is -0.355 e. The maximum Gasteiger partial charge on any atom is 0.419 e. The molecule has 0 spiro atoms. The van der Waals surface area contributed by atoms with Gasteiger partial charge >= 0.3 is 6.18 Å². The highest BCUT2D eigenvalue weighted by atomic mass is 35.5. The molecule has 3 aromatic rings. The van der Waals surface area contributed by atoms with Gasteiger partial charge in [-0.2, -0.15) is 18.3 Å². The first-order valence-electron chi connectivity index (χ1n) is 9.70. The first-order chi connectivity index (χ1) is 14.8. The van der Waals surface area contributed by atoms with Crippen LogP contribution in [0.3, 0.4) is 0 Å². The van der Waals surface area contributed by atoms with E-state index < -0.39 is 17.7 Å². The standard InChI is InChI=1S/C21H19ClF3N5O/c22-15-6-7-18(30-11-3-9-27-30)17(12-15)28-20(31)14-4-2-10-29(13-14)19-16(21(23,24)25)5-1-8-26-19/h1,3,5-9,11-12,14H,2,4,10,13H2,(H,28,31). The summed E-state index contributed by atoms with van der Waals surface area (Å²) in [5, 5.41) is 7.50. The predicted octanol–water partition coefficient (Wildman–Crippen LogP) is 4.79. The van der Waals surface area contributed by atoms with Gasteiger partial charge in [-0.3, -0.25) is 4.79 Å². The van der Waals surface area contributed by atoms with Gasteiger partial charge in [-0.05, 0) is 49.2 Å². The Bertz CT molecular complexity index is 1070. The lowest BCUT2D eigenvalue weighted by Crippen LogP contribution is -2.42. The maximum absolute atomic E-state index is 13.4. The number of nitrogens with one attached hydrogen (secondary N) is 1. The molecule has 0 aliphatic carbocycles. The molecule has 1 fully saturated rings. The summed E-state index contributed by atoms with van der Waals surface area (Å²) in [6.07, 6.45) is 1.31. The summed E-state index contributed by atoms with van der Waals surface area (Å²) in [5.74, 6) is -0.932. The molecule has 1 unspecified atom stereocenters. The molecule has 1 aliphatic heterocycles. The number of carbonyl (C=O) groups is 1. The molecule has 1 saturated heterocycles. The summed E-state index contributed by atoms with van der Waals surface area (Å²) in [6.45, 7) is 0.545. The van der Waals surface area contributed by atoms with E-state index in [1.807, 2.05) is 0 Å². The summed E-state index contributed by atoms with van der Waals surface area (Å²) in [7, 11) is 0. The number of carbonyl (C=O) groups excluding carboxylic acids is 1. The Morgan fingerprint density at radius 3 is 2.77 bits per heavy atom. The van der Waals surface area contributed by atoms with Gasteiger partial charge < -0.3 is 10.2 Å². The van der Waals surface area contributed by atoms with Crippen molar-refractivity contribution in [2.45, 2.75) is 19.0 Å². The van der Waals surface area contributed by atoms with Crippen molar-refractivity contribution in [3.05, 3.63) is 65.6 Å². The summed E-state index contributed by atoms with van der Waals surface area (Å²) in [6, 6.07) is 9.07. The molecule has 1 aromatic carbocycles. The molecule has 0 saturated carbocycles. The number of nitrogens with zero attached hydrogens (tertiary/aromatic N) is 4. The zero-order valence-corrected chi connectivity index (χ0v) is 17.1. The molecule has 6 nitrogen and oxygen atoms in total. The third-order valence-electron chi connectivity index (χ3n) is 5.15. The highest BCUT2D eigenvalue weighted by Gasteiger charge is 2.37. The summed E-state index contributed by atoms with van der Waals surface area (Å²) in [4.78, 5) is 18.5. The van der Waals surface area contributed by atoms with Gasteiger partial charge in [0.25, 0.3) is 0 Å². The SMILES string of the molecule is O=C(Nc1cc(Cl)ccc1-n1cccn1)C1CCCN(c2ncccc2C(F)(F)F)C1. The number of hydrogen-bond donors (Lipinski definition) is 1. The third-order valence-corrected chi connectivity index (χ3v) is 5.39. The smallest absolute Gasteiger partial charge is 0.355 e. The Morgan fingerprint density at radius 2 is 2.03 bits per heavy atom. The van der Waals surface area contributed by atoms with Gasteiger partial charge in [0, 0.05) is 36.7 Å². The fraction of sp³-hybridized carbons (Fsp3) is 0.286. The first kappa shape index (κ1) is 21.2. The Kier molecular flexibility index (Phi) is 5.86. The lowest BCUT2D eigenvalue weighted by Gasteiger charge is -2.34. The number of rotatable bonds is 4. The molecule has 1 aliphatic rings. The van der Waals surface area contributed by atoms with Crippen molar-refractivity contribution >= 4 is 29.0 Å². The van der Waals surface area contributed by atoms with Crippen LogP contribution in [0.15, 0.2) is 55.0 Å². The highest BCUT2D eigenvalue weighted by molar-refractivity contribution is 6.31. The minimum atomic E-state index is -4.52. The van der Waals surface area contributed by atoms with E-state index >= 15 is 0 Å². The van der Waals surface area contributed by atoms with E-state index in [-0.39, 0.29) is 18.3 Å². The number of alkyl halides is 3. The van der Waals surface area contributed by atoms with E-state index in [4.69, 9.17) is 11.6 Å². The van der Waals surface area contributed by atoms with Crippen LogP contribution >= 0.6 is 11.6 Å². The van der Waals surface area contributed by atoms with Crippen molar-refractivity contribution in [1.29, 1.82) is 0 Å². The second kappa shape index (κ2) is 8.58. The molecule has 3 heterocycles. The predicted molar refractivity (Wildman–Crippen MR) is 111 cm³/mol. The number of aromatic nitrogens is 3. The van der Waals surface area contributed by atoms with Gasteiger partial charge in [0.05, 0.1) is 22.9 Å². The zero-order valence-electron chi connectivity index (χ0n) is 16.3. The number of hydrogen-bond acceptors (Lipinski definition) is 4. The van der Waals surface area contributed by atoms with E-state index in [9.17, 15) is 18.0 Å². The lowest BCUT2D eigenvalue weighted by atomic mass is 9.96. The summed E-state index contributed by atoms with van der Waals surface area (Å²) in [5.41, 5.74) is 0.318. The zero-order chi connectivity index (χ0) is 22.0. The number of anilines is 2. The average molecular weight is 450 g/mol. The molecule has 4 rings (SSSR count). The van der Waals surface area contributed by atoms with Gasteiger partial charge in [0.15, 0.2) is 0 Å². The van der Waals surface area contributed by atoms with Crippen LogP contribution < -0.4 is 10.2 Å². The Morgan fingerprint density at radius 1 is 1.19 bits per heavy atom. The van der Waals surface area contributed by atoms with E-state index in [1.165, 1.54) is 17.2 Å².